The van der Waals surface area contributed by atoms with E-state index in [1.54, 1.807) is 48.7 Å². The van der Waals surface area contributed by atoms with Gasteiger partial charge in [0, 0.05) is 28.6 Å². The molecule has 0 unspecified atom stereocenters. The predicted octanol–water partition coefficient (Wildman–Crippen LogP) is 4.81. The summed E-state index contributed by atoms with van der Waals surface area (Å²) in [5.41, 5.74) is -0.707. The van der Waals surface area contributed by atoms with Crippen LogP contribution in [0, 0.1) is 0 Å². The van der Waals surface area contributed by atoms with Gasteiger partial charge in [0.1, 0.15) is 6.54 Å². The lowest BCUT2D eigenvalue weighted by Crippen LogP contribution is -2.40. The van der Waals surface area contributed by atoms with Crippen molar-refractivity contribution in [3.05, 3.63) is 75.2 Å². The number of nitrogens with one attached hydrogen (secondary N) is 1. The van der Waals surface area contributed by atoms with Crippen molar-refractivity contribution >= 4 is 17.5 Å². The van der Waals surface area contributed by atoms with Gasteiger partial charge in [0.15, 0.2) is 5.82 Å². The van der Waals surface area contributed by atoms with Gasteiger partial charge in [0.25, 0.3) is 0 Å². The average molecular weight is 493 g/mol. The van der Waals surface area contributed by atoms with E-state index in [0.29, 0.717) is 16.4 Å². The maximum absolute atomic E-state index is 13.1. The minimum Gasteiger partial charge on any atom is -0.354 e. The standard InChI is InChI=1S/C24H24ClF3N4O2/c1-23(2,16-4-3-5-17(12-16)24(26,27)28)14-29-20(33)13-31-22(34)32(19-10-11-19)21(30-31)15-6-8-18(25)9-7-15/h3-9,12,19H,10-11,13-14H2,1-2H3,(H,29,33). The van der Waals surface area contributed by atoms with Crippen molar-refractivity contribution < 1.29 is 18.0 Å². The normalized spacial score (nSPS) is 14.3. The topological polar surface area (TPSA) is 68.9 Å². The second-order valence-electron chi connectivity index (χ2n) is 9.11. The molecule has 3 aromatic rings. The zero-order valence-corrected chi connectivity index (χ0v) is 19.5. The van der Waals surface area contributed by atoms with Gasteiger partial charge in [0.05, 0.1) is 5.56 Å². The molecule has 6 nitrogen and oxygen atoms in total. The number of hydrogen-bond donors (Lipinski definition) is 1. The molecular weight excluding hydrogens is 469 g/mol. The van der Waals surface area contributed by atoms with Gasteiger partial charge in [-0.05, 0) is 48.7 Å². The van der Waals surface area contributed by atoms with Gasteiger partial charge in [0.2, 0.25) is 5.91 Å². The SMILES string of the molecule is CC(C)(CNC(=O)Cn1nc(-c2ccc(Cl)cc2)n(C2CC2)c1=O)c1cccc(C(F)(F)F)c1. The third kappa shape index (κ3) is 5.19. The van der Waals surface area contributed by atoms with Gasteiger partial charge in [-0.25, -0.2) is 9.48 Å². The Balaban J connectivity index is 1.49. The first-order valence-corrected chi connectivity index (χ1v) is 11.2. The zero-order valence-electron chi connectivity index (χ0n) is 18.7. The predicted molar refractivity (Wildman–Crippen MR) is 123 cm³/mol. The van der Waals surface area contributed by atoms with Crippen LogP contribution in [0.15, 0.2) is 53.3 Å². The number of halogens is 4. The highest BCUT2D eigenvalue weighted by atomic mass is 35.5. The summed E-state index contributed by atoms with van der Waals surface area (Å²) in [6, 6.07) is 12.1. The quantitative estimate of drug-likeness (QED) is 0.514. The molecule has 2 aromatic carbocycles. The number of hydrogen-bond acceptors (Lipinski definition) is 3. The monoisotopic (exact) mass is 492 g/mol. The molecule has 0 atom stereocenters. The van der Waals surface area contributed by atoms with E-state index in [4.69, 9.17) is 11.6 Å². The Hall–Kier alpha value is -3.07. The Morgan fingerprint density at radius 2 is 1.76 bits per heavy atom. The Labute approximate surface area is 199 Å². The Bertz CT molecular complexity index is 1260. The molecular formula is C24H24ClF3N4O2. The summed E-state index contributed by atoms with van der Waals surface area (Å²) >= 11 is 5.96. The maximum atomic E-state index is 13.1. The highest BCUT2D eigenvalue weighted by Crippen LogP contribution is 2.36. The second kappa shape index (κ2) is 8.94. The van der Waals surface area contributed by atoms with Gasteiger partial charge < -0.3 is 5.32 Å². The molecule has 1 N–H and O–H groups in total. The van der Waals surface area contributed by atoms with E-state index >= 15 is 0 Å². The number of benzene rings is 2. The van der Waals surface area contributed by atoms with E-state index in [1.807, 2.05) is 0 Å². The van der Waals surface area contributed by atoms with Crippen LogP contribution in [0.5, 0.6) is 0 Å². The van der Waals surface area contributed by atoms with Crippen molar-refractivity contribution in [1.82, 2.24) is 19.7 Å². The van der Waals surface area contributed by atoms with Crippen LogP contribution in [0.25, 0.3) is 11.4 Å². The molecule has 180 valence electrons. The first kappa shape index (κ1) is 24.1. The summed E-state index contributed by atoms with van der Waals surface area (Å²) in [5, 5.41) is 7.68. The van der Waals surface area contributed by atoms with Crippen LogP contribution in [0.3, 0.4) is 0 Å². The molecule has 10 heteroatoms. The Kier molecular flexibility index (Phi) is 6.33. The van der Waals surface area contributed by atoms with E-state index in [1.165, 1.54) is 6.07 Å². The lowest BCUT2D eigenvalue weighted by Gasteiger charge is -2.26. The zero-order chi connectivity index (χ0) is 24.7. The number of carbonyl (C=O) groups is 1. The number of aromatic nitrogens is 3. The van der Waals surface area contributed by atoms with Gasteiger partial charge in [-0.15, -0.1) is 5.10 Å². The van der Waals surface area contributed by atoms with Crippen molar-refractivity contribution in [2.24, 2.45) is 0 Å². The Morgan fingerprint density at radius 3 is 2.38 bits per heavy atom. The van der Waals surface area contributed by atoms with Gasteiger partial charge in [-0.1, -0.05) is 43.6 Å². The highest BCUT2D eigenvalue weighted by Gasteiger charge is 2.33. The molecule has 0 aliphatic heterocycles. The fraction of sp³-hybridized carbons (Fsp3) is 0.375. The third-order valence-corrected chi connectivity index (χ3v) is 6.13. The van der Waals surface area contributed by atoms with E-state index < -0.39 is 23.1 Å². The van der Waals surface area contributed by atoms with Crippen molar-refractivity contribution in [3.63, 3.8) is 0 Å². The molecule has 1 aliphatic rings. The number of rotatable bonds is 7. The summed E-state index contributed by atoms with van der Waals surface area (Å²) < 4.78 is 41.9. The average Bonchev–Trinajstić information content (AvgIpc) is 3.57. The van der Waals surface area contributed by atoms with Crippen LogP contribution in [-0.4, -0.2) is 26.8 Å². The van der Waals surface area contributed by atoms with Crippen LogP contribution < -0.4 is 11.0 Å². The Morgan fingerprint density at radius 1 is 1.12 bits per heavy atom. The molecule has 1 amide bonds. The fourth-order valence-corrected chi connectivity index (χ4v) is 3.84. The number of carbonyl (C=O) groups excluding carboxylic acids is 1. The summed E-state index contributed by atoms with van der Waals surface area (Å²) in [5.74, 6) is 0.0199. The molecule has 0 spiro atoms. The van der Waals surface area contributed by atoms with Gasteiger partial charge >= 0.3 is 11.9 Å². The van der Waals surface area contributed by atoms with E-state index in [0.717, 1.165) is 35.2 Å². The van der Waals surface area contributed by atoms with Crippen LogP contribution in [0.4, 0.5) is 13.2 Å². The highest BCUT2D eigenvalue weighted by molar-refractivity contribution is 6.30. The van der Waals surface area contributed by atoms with Crippen LogP contribution in [0.2, 0.25) is 5.02 Å². The van der Waals surface area contributed by atoms with E-state index in [-0.39, 0.29) is 24.8 Å². The molecule has 0 bridgehead atoms. The molecule has 0 saturated heterocycles. The van der Waals surface area contributed by atoms with Crippen molar-refractivity contribution in [2.45, 2.75) is 50.9 Å². The lowest BCUT2D eigenvalue weighted by atomic mass is 9.83. The van der Waals surface area contributed by atoms with Crippen molar-refractivity contribution in [2.75, 3.05) is 6.54 Å². The molecule has 1 fully saturated rings. The summed E-state index contributed by atoms with van der Waals surface area (Å²) in [4.78, 5) is 25.6. The molecule has 4 rings (SSSR count). The summed E-state index contributed by atoms with van der Waals surface area (Å²) in [6.45, 7) is 3.29. The summed E-state index contributed by atoms with van der Waals surface area (Å²) in [7, 11) is 0. The molecule has 34 heavy (non-hydrogen) atoms. The first-order valence-electron chi connectivity index (χ1n) is 10.9. The van der Waals surface area contributed by atoms with Crippen LogP contribution in [-0.2, 0) is 22.9 Å². The van der Waals surface area contributed by atoms with Gasteiger partial charge in [-0.2, -0.15) is 13.2 Å². The van der Waals surface area contributed by atoms with E-state index in [2.05, 4.69) is 10.4 Å². The van der Waals surface area contributed by atoms with Crippen LogP contribution >= 0.6 is 11.6 Å². The smallest absolute Gasteiger partial charge is 0.354 e. The number of alkyl halides is 3. The third-order valence-electron chi connectivity index (χ3n) is 5.88. The van der Waals surface area contributed by atoms with E-state index in [9.17, 15) is 22.8 Å². The molecule has 1 saturated carbocycles. The second-order valence-corrected chi connectivity index (χ2v) is 9.55. The first-order chi connectivity index (χ1) is 16.0. The fourth-order valence-electron chi connectivity index (χ4n) is 3.71. The summed E-state index contributed by atoms with van der Waals surface area (Å²) in [6.07, 6.45) is -2.72. The lowest BCUT2D eigenvalue weighted by molar-refractivity contribution is -0.137. The minimum atomic E-state index is -4.45. The molecule has 1 aromatic heterocycles. The minimum absolute atomic E-state index is 0.0508. The van der Waals surface area contributed by atoms with Crippen molar-refractivity contribution in [1.29, 1.82) is 0 Å². The molecule has 1 heterocycles. The van der Waals surface area contributed by atoms with Gasteiger partial charge in [-0.3, -0.25) is 9.36 Å². The van der Waals surface area contributed by atoms with Crippen LogP contribution in [0.1, 0.15) is 43.9 Å². The molecule has 0 radical (unpaired) electrons. The molecule has 1 aliphatic carbocycles. The number of nitrogens with zero attached hydrogens (tertiary/aromatic N) is 3. The number of amides is 1. The maximum Gasteiger partial charge on any atom is 0.416 e. The van der Waals surface area contributed by atoms with Crippen molar-refractivity contribution in [3.8, 4) is 11.4 Å². The largest absolute Gasteiger partial charge is 0.416 e.